The molecule has 3 rings (SSSR count). The largest absolute Gasteiger partial charge is 0.508 e. The normalized spacial score (nSPS) is 14.4. The number of carbonyl (C=O) groups is 2. The third-order valence-electron chi connectivity index (χ3n) is 5.62. The number of benzene rings is 2. The average molecular weight is 440 g/mol. The summed E-state index contributed by atoms with van der Waals surface area (Å²) in [5.41, 5.74) is 7.65. The molecule has 5 N–H and O–H groups in total. The van der Waals surface area contributed by atoms with Crippen LogP contribution in [-0.4, -0.2) is 64.5 Å². The summed E-state index contributed by atoms with van der Waals surface area (Å²) in [5.74, 6) is -0.710. The number of rotatable bonds is 6. The highest BCUT2D eigenvalue weighted by Crippen LogP contribution is 2.33. The monoisotopic (exact) mass is 439 g/mol. The Morgan fingerprint density at radius 3 is 2.28 bits per heavy atom. The maximum Gasteiger partial charge on any atom is 0.325 e. The number of nitrogens with one attached hydrogen (secondary N) is 1. The zero-order chi connectivity index (χ0) is 23.4. The molecular weight excluding hydrogens is 410 g/mol. The van der Waals surface area contributed by atoms with Crippen LogP contribution in [-0.2, 0) is 11.3 Å². The summed E-state index contributed by atoms with van der Waals surface area (Å²) in [4.78, 5) is 28.1. The summed E-state index contributed by atoms with van der Waals surface area (Å²) in [5, 5.41) is 28.9. The molecule has 1 fully saturated rings. The summed E-state index contributed by atoms with van der Waals surface area (Å²) < 4.78 is 0. The third kappa shape index (κ3) is 5.00. The molecule has 0 aromatic heterocycles. The van der Waals surface area contributed by atoms with Gasteiger partial charge in [0.2, 0.25) is 6.41 Å². The van der Waals surface area contributed by atoms with E-state index in [2.05, 4.69) is 4.90 Å². The van der Waals surface area contributed by atoms with Crippen LogP contribution in [0.5, 0.6) is 11.5 Å². The van der Waals surface area contributed by atoms with Gasteiger partial charge in [0.1, 0.15) is 17.3 Å². The lowest BCUT2D eigenvalue weighted by Crippen LogP contribution is -2.45. The standard InChI is InChI=1S/C23H29N5O4/c1-15(2)18-11-19(21(31)12-20(18)30)22(24)28(23(25)32)17-5-3-16(4-6-17)13-26-7-9-27(14-29)10-8-26/h3-6,11-12,14-15,24,30-31H,7-10,13H2,1-2H3,(H2,25,32). The van der Waals surface area contributed by atoms with E-state index in [0.717, 1.165) is 30.0 Å². The highest BCUT2D eigenvalue weighted by Gasteiger charge is 2.24. The van der Waals surface area contributed by atoms with Crippen molar-refractivity contribution in [3.05, 3.63) is 53.1 Å². The number of amidine groups is 1. The number of nitrogens with zero attached hydrogens (tertiary/aromatic N) is 3. The Balaban J connectivity index is 1.80. The Morgan fingerprint density at radius 1 is 1.12 bits per heavy atom. The molecule has 0 atom stereocenters. The Bertz CT molecular complexity index is 998. The lowest BCUT2D eigenvalue weighted by atomic mass is 9.98. The van der Waals surface area contributed by atoms with Crippen LogP contribution in [0.3, 0.4) is 0 Å². The van der Waals surface area contributed by atoms with Crippen molar-refractivity contribution in [2.45, 2.75) is 26.3 Å². The SMILES string of the molecule is CC(C)c1cc(C(=N)N(C(N)=O)c2ccc(CN3CCN(C=O)CC3)cc2)c(O)cc1O. The van der Waals surface area contributed by atoms with Crippen LogP contribution in [0.15, 0.2) is 36.4 Å². The van der Waals surface area contributed by atoms with E-state index in [9.17, 15) is 19.8 Å². The van der Waals surface area contributed by atoms with Crippen molar-refractivity contribution in [3.63, 3.8) is 0 Å². The lowest BCUT2D eigenvalue weighted by Gasteiger charge is -2.32. The van der Waals surface area contributed by atoms with Gasteiger partial charge >= 0.3 is 6.03 Å². The predicted molar refractivity (Wildman–Crippen MR) is 122 cm³/mol. The van der Waals surface area contributed by atoms with Gasteiger partial charge in [0, 0.05) is 38.8 Å². The van der Waals surface area contributed by atoms with Gasteiger partial charge in [-0.25, -0.2) is 9.69 Å². The fraction of sp³-hybridized carbons (Fsp3) is 0.348. The number of primary amides is 1. The van der Waals surface area contributed by atoms with Gasteiger partial charge in [0.25, 0.3) is 0 Å². The quantitative estimate of drug-likeness (QED) is 0.311. The fourth-order valence-corrected chi connectivity index (χ4v) is 3.77. The predicted octanol–water partition coefficient (Wildman–Crippen LogP) is 2.41. The van der Waals surface area contributed by atoms with Crippen molar-refractivity contribution in [1.29, 1.82) is 5.41 Å². The molecule has 0 radical (unpaired) electrons. The van der Waals surface area contributed by atoms with E-state index in [1.165, 1.54) is 12.1 Å². The minimum absolute atomic E-state index is 0.0446. The second-order valence-electron chi connectivity index (χ2n) is 8.19. The molecule has 3 amide bonds. The van der Waals surface area contributed by atoms with Crippen molar-refractivity contribution in [3.8, 4) is 11.5 Å². The third-order valence-corrected chi connectivity index (χ3v) is 5.62. The first-order chi connectivity index (χ1) is 15.2. The molecule has 170 valence electrons. The molecule has 1 saturated heterocycles. The van der Waals surface area contributed by atoms with E-state index in [1.54, 1.807) is 17.0 Å². The van der Waals surface area contributed by atoms with Gasteiger partial charge in [-0.05, 0) is 35.2 Å². The number of phenols is 2. The zero-order valence-corrected chi connectivity index (χ0v) is 18.3. The van der Waals surface area contributed by atoms with Gasteiger partial charge in [-0.3, -0.25) is 15.1 Å². The number of hydrogen-bond acceptors (Lipinski definition) is 6. The molecule has 0 aliphatic carbocycles. The summed E-state index contributed by atoms with van der Waals surface area (Å²) in [6.45, 7) is 7.43. The molecular formula is C23H29N5O4. The second kappa shape index (κ2) is 9.69. The first kappa shape index (κ1) is 23.1. The molecule has 32 heavy (non-hydrogen) atoms. The number of hydrogen-bond donors (Lipinski definition) is 4. The lowest BCUT2D eigenvalue weighted by molar-refractivity contribution is -0.119. The van der Waals surface area contributed by atoms with Crippen LogP contribution in [0.1, 0.15) is 36.5 Å². The van der Waals surface area contributed by atoms with Gasteiger partial charge in [-0.2, -0.15) is 0 Å². The number of anilines is 1. The van der Waals surface area contributed by atoms with E-state index in [0.29, 0.717) is 30.9 Å². The first-order valence-corrected chi connectivity index (χ1v) is 10.5. The van der Waals surface area contributed by atoms with Gasteiger partial charge in [-0.1, -0.05) is 26.0 Å². The number of phenolic OH excluding ortho intramolecular Hbond substituents is 2. The molecule has 9 heteroatoms. The van der Waals surface area contributed by atoms with Crippen LogP contribution in [0.2, 0.25) is 0 Å². The average Bonchev–Trinajstić information content (AvgIpc) is 2.75. The van der Waals surface area contributed by atoms with E-state index >= 15 is 0 Å². The number of urea groups is 1. The second-order valence-corrected chi connectivity index (χ2v) is 8.19. The molecule has 9 nitrogen and oxygen atoms in total. The topological polar surface area (TPSA) is 134 Å². The fourth-order valence-electron chi connectivity index (χ4n) is 3.77. The van der Waals surface area contributed by atoms with Crippen LogP contribution in [0.25, 0.3) is 0 Å². The van der Waals surface area contributed by atoms with E-state index in [-0.39, 0.29) is 28.8 Å². The number of carbonyl (C=O) groups excluding carboxylic acids is 2. The number of piperazine rings is 1. The van der Waals surface area contributed by atoms with Crippen LogP contribution < -0.4 is 10.6 Å². The van der Waals surface area contributed by atoms with Gasteiger partial charge < -0.3 is 20.8 Å². The highest BCUT2D eigenvalue weighted by molar-refractivity contribution is 6.22. The Morgan fingerprint density at radius 2 is 1.75 bits per heavy atom. The molecule has 2 aromatic carbocycles. The summed E-state index contributed by atoms with van der Waals surface area (Å²) in [6, 6.07) is 8.95. The molecule has 1 heterocycles. The van der Waals surface area contributed by atoms with Crippen molar-refractivity contribution < 1.29 is 19.8 Å². The molecule has 0 bridgehead atoms. The summed E-state index contributed by atoms with van der Waals surface area (Å²) >= 11 is 0. The van der Waals surface area contributed by atoms with Gasteiger partial charge in [-0.15, -0.1) is 0 Å². The van der Waals surface area contributed by atoms with Gasteiger partial charge in [0.05, 0.1) is 11.3 Å². The Kier molecular flexibility index (Phi) is 6.99. The van der Waals surface area contributed by atoms with Crippen molar-refractivity contribution in [2.24, 2.45) is 5.73 Å². The molecule has 1 aliphatic rings. The highest BCUT2D eigenvalue weighted by atomic mass is 16.3. The molecule has 0 spiro atoms. The van der Waals surface area contributed by atoms with Crippen LogP contribution in [0.4, 0.5) is 10.5 Å². The number of nitrogens with two attached hydrogens (primary N) is 1. The minimum atomic E-state index is -0.855. The van der Waals surface area contributed by atoms with E-state index < -0.39 is 6.03 Å². The zero-order valence-electron chi connectivity index (χ0n) is 18.3. The van der Waals surface area contributed by atoms with Crippen LogP contribution in [0, 0.1) is 5.41 Å². The van der Waals surface area contributed by atoms with Crippen molar-refractivity contribution >= 4 is 24.0 Å². The summed E-state index contributed by atoms with van der Waals surface area (Å²) in [7, 11) is 0. The Labute approximate surface area is 187 Å². The summed E-state index contributed by atoms with van der Waals surface area (Å²) in [6.07, 6.45) is 0.871. The van der Waals surface area contributed by atoms with Crippen molar-refractivity contribution in [2.75, 3.05) is 31.1 Å². The number of aromatic hydroxyl groups is 2. The first-order valence-electron chi connectivity index (χ1n) is 10.5. The molecule has 0 saturated carbocycles. The molecule has 2 aromatic rings. The minimum Gasteiger partial charge on any atom is -0.508 e. The molecule has 0 unspecified atom stereocenters. The van der Waals surface area contributed by atoms with Crippen LogP contribution >= 0.6 is 0 Å². The number of amides is 3. The van der Waals surface area contributed by atoms with Crippen molar-refractivity contribution in [1.82, 2.24) is 9.80 Å². The smallest absolute Gasteiger partial charge is 0.325 e. The Hall–Kier alpha value is -3.59. The van der Waals surface area contributed by atoms with E-state index in [4.69, 9.17) is 11.1 Å². The maximum absolute atomic E-state index is 12.2. The molecule has 1 aliphatic heterocycles. The van der Waals surface area contributed by atoms with E-state index in [1.807, 2.05) is 26.0 Å². The maximum atomic E-state index is 12.2. The van der Waals surface area contributed by atoms with Gasteiger partial charge in [0.15, 0.2) is 0 Å².